The van der Waals surface area contributed by atoms with Gasteiger partial charge in [-0.25, -0.2) is 4.39 Å². The smallest absolute Gasteiger partial charge is 0.123 e. The molecule has 1 aliphatic rings. The van der Waals surface area contributed by atoms with Gasteiger partial charge in [0.05, 0.1) is 0 Å². The van der Waals surface area contributed by atoms with Crippen LogP contribution in [0, 0.1) is 5.82 Å². The standard InChI is InChI=1S/C19H24FN3.3ClH/c20-18-5-7-19(8-6-18)22-10-9-16-1-3-17(4-2-16)15-23-13-11-21-12-14-23;;;/h1-8,21-22H,9-15H2;3*1H. The van der Waals surface area contributed by atoms with Crippen molar-refractivity contribution in [3.8, 4) is 0 Å². The molecule has 1 saturated heterocycles. The number of hydrogen-bond acceptors (Lipinski definition) is 3. The molecule has 0 aliphatic carbocycles. The minimum atomic E-state index is -0.198. The van der Waals surface area contributed by atoms with Gasteiger partial charge in [0.2, 0.25) is 0 Å². The number of nitrogens with one attached hydrogen (secondary N) is 2. The molecule has 2 N–H and O–H groups in total. The summed E-state index contributed by atoms with van der Waals surface area (Å²) in [6.45, 7) is 6.32. The lowest BCUT2D eigenvalue weighted by Gasteiger charge is -2.27. The quantitative estimate of drug-likeness (QED) is 0.732. The fraction of sp³-hybridized carbons (Fsp3) is 0.368. The summed E-state index contributed by atoms with van der Waals surface area (Å²) in [5, 5.41) is 6.70. The van der Waals surface area contributed by atoms with Gasteiger partial charge in [-0.15, -0.1) is 37.2 Å². The van der Waals surface area contributed by atoms with Crippen LogP contribution in [-0.2, 0) is 13.0 Å². The van der Waals surface area contributed by atoms with Crippen molar-refractivity contribution in [1.82, 2.24) is 10.2 Å². The van der Waals surface area contributed by atoms with Crippen LogP contribution in [0.3, 0.4) is 0 Å². The minimum Gasteiger partial charge on any atom is -0.385 e. The summed E-state index contributed by atoms with van der Waals surface area (Å²) >= 11 is 0. The summed E-state index contributed by atoms with van der Waals surface area (Å²) in [4.78, 5) is 2.49. The predicted molar refractivity (Wildman–Crippen MR) is 115 cm³/mol. The molecule has 0 spiro atoms. The Morgan fingerprint density at radius 1 is 0.846 bits per heavy atom. The normalized spacial score (nSPS) is 13.7. The molecule has 0 atom stereocenters. The molecule has 2 aromatic rings. The highest BCUT2D eigenvalue weighted by Crippen LogP contribution is 2.11. The van der Waals surface area contributed by atoms with Gasteiger partial charge in [-0.3, -0.25) is 4.90 Å². The van der Waals surface area contributed by atoms with Gasteiger partial charge in [-0.05, 0) is 41.8 Å². The van der Waals surface area contributed by atoms with E-state index >= 15 is 0 Å². The molecule has 1 aliphatic heterocycles. The van der Waals surface area contributed by atoms with E-state index in [9.17, 15) is 4.39 Å². The molecule has 3 rings (SSSR count). The van der Waals surface area contributed by atoms with Crippen LogP contribution in [0.2, 0.25) is 0 Å². The number of anilines is 1. The Hall–Kier alpha value is -1.04. The Labute approximate surface area is 174 Å². The second kappa shape index (κ2) is 13.2. The van der Waals surface area contributed by atoms with Crippen molar-refractivity contribution >= 4 is 42.9 Å². The Balaban J connectivity index is 0.00000208. The molecule has 0 radical (unpaired) electrons. The molecule has 0 amide bonds. The highest BCUT2D eigenvalue weighted by molar-refractivity contribution is 5.86. The van der Waals surface area contributed by atoms with Crippen LogP contribution < -0.4 is 10.6 Å². The summed E-state index contributed by atoms with van der Waals surface area (Å²) < 4.78 is 12.8. The average Bonchev–Trinajstić information content (AvgIpc) is 2.59. The molecule has 0 saturated carbocycles. The van der Waals surface area contributed by atoms with Crippen LogP contribution in [0.1, 0.15) is 11.1 Å². The maximum atomic E-state index is 12.8. The SMILES string of the molecule is Cl.Cl.Cl.Fc1ccc(NCCc2ccc(CN3CCNCC3)cc2)cc1. The van der Waals surface area contributed by atoms with Gasteiger partial charge in [0.15, 0.2) is 0 Å². The second-order valence-corrected chi connectivity index (χ2v) is 6.03. The Morgan fingerprint density at radius 2 is 1.42 bits per heavy atom. The third kappa shape index (κ3) is 8.11. The van der Waals surface area contributed by atoms with Crippen LogP contribution in [0.15, 0.2) is 48.5 Å². The molecule has 7 heteroatoms. The van der Waals surface area contributed by atoms with Crippen LogP contribution in [0.25, 0.3) is 0 Å². The number of nitrogens with zero attached hydrogens (tertiary/aromatic N) is 1. The van der Waals surface area contributed by atoms with Crippen molar-refractivity contribution in [2.75, 3.05) is 38.0 Å². The van der Waals surface area contributed by atoms with E-state index in [2.05, 4.69) is 39.8 Å². The predicted octanol–water partition coefficient (Wildman–Crippen LogP) is 4.15. The van der Waals surface area contributed by atoms with Crippen molar-refractivity contribution in [2.24, 2.45) is 0 Å². The number of hydrogen-bond donors (Lipinski definition) is 2. The average molecular weight is 423 g/mol. The van der Waals surface area contributed by atoms with E-state index in [0.29, 0.717) is 0 Å². The molecule has 1 heterocycles. The molecule has 26 heavy (non-hydrogen) atoms. The fourth-order valence-corrected chi connectivity index (χ4v) is 2.86. The van der Waals surface area contributed by atoms with Gasteiger partial charge < -0.3 is 10.6 Å². The van der Waals surface area contributed by atoms with E-state index in [0.717, 1.165) is 51.4 Å². The van der Waals surface area contributed by atoms with E-state index in [-0.39, 0.29) is 43.0 Å². The lowest BCUT2D eigenvalue weighted by atomic mass is 10.1. The highest BCUT2D eigenvalue weighted by Gasteiger charge is 2.09. The van der Waals surface area contributed by atoms with Crippen LogP contribution in [0.5, 0.6) is 0 Å². The van der Waals surface area contributed by atoms with Gasteiger partial charge in [0.25, 0.3) is 0 Å². The van der Waals surface area contributed by atoms with Crippen LogP contribution >= 0.6 is 37.2 Å². The van der Waals surface area contributed by atoms with Crippen molar-refractivity contribution in [3.05, 3.63) is 65.5 Å². The maximum absolute atomic E-state index is 12.8. The summed E-state index contributed by atoms with van der Waals surface area (Å²) in [6.07, 6.45) is 0.964. The van der Waals surface area contributed by atoms with Gasteiger partial charge in [-0.1, -0.05) is 24.3 Å². The van der Waals surface area contributed by atoms with E-state index in [1.807, 2.05) is 0 Å². The van der Waals surface area contributed by atoms with Gasteiger partial charge >= 0.3 is 0 Å². The van der Waals surface area contributed by atoms with Gasteiger partial charge in [0, 0.05) is 45.0 Å². The van der Waals surface area contributed by atoms with Crippen molar-refractivity contribution in [2.45, 2.75) is 13.0 Å². The Kier molecular flexibility index (Phi) is 12.7. The van der Waals surface area contributed by atoms with Crippen LogP contribution in [-0.4, -0.2) is 37.6 Å². The third-order valence-electron chi connectivity index (χ3n) is 4.23. The fourth-order valence-electron chi connectivity index (χ4n) is 2.86. The summed E-state index contributed by atoms with van der Waals surface area (Å²) in [6, 6.07) is 15.4. The number of halogens is 4. The molecule has 2 aromatic carbocycles. The highest BCUT2D eigenvalue weighted by atomic mass is 35.5. The van der Waals surface area contributed by atoms with Crippen molar-refractivity contribution in [3.63, 3.8) is 0 Å². The molecule has 1 fully saturated rings. The maximum Gasteiger partial charge on any atom is 0.123 e. The Morgan fingerprint density at radius 3 is 2.04 bits per heavy atom. The molecular formula is C19H27Cl3FN3. The summed E-state index contributed by atoms with van der Waals surface area (Å²) in [7, 11) is 0. The summed E-state index contributed by atoms with van der Waals surface area (Å²) in [5.74, 6) is -0.198. The monoisotopic (exact) mass is 421 g/mol. The second-order valence-electron chi connectivity index (χ2n) is 6.03. The zero-order valence-electron chi connectivity index (χ0n) is 14.6. The third-order valence-corrected chi connectivity index (χ3v) is 4.23. The first-order chi connectivity index (χ1) is 11.3. The lowest BCUT2D eigenvalue weighted by molar-refractivity contribution is 0.233. The Bertz CT molecular complexity index is 602. The van der Waals surface area contributed by atoms with E-state index in [1.165, 1.54) is 23.3 Å². The van der Waals surface area contributed by atoms with Gasteiger partial charge in [-0.2, -0.15) is 0 Å². The largest absolute Gasteiger partial charge is 0.385 e. The van der Waals surface area contributed by atoms with E-state index in [1.54, 1.807) is 12.1 Å². The molecule has 0 unspecified atom stereocenters. The van der Waals surface area contributed by atoms with E-state index < -0.39 is 0 Å². The van der Waals surface area contributed by atoms with Gasteiger partial charge in [0.1, 0.15) is 5.82 Å². The van der Waals surface area contributed by atoms with Crippen LogP contribution in [0.4, 0.5) is 10.1 Å². The first-order valence-electron chi connectivity index (χ1n) is 8.30. The minimum absolute atomic E-state index is 0. The zero-order valence-corrected chi connectivity index (χ0v) is 17.1. The number of piperazine rings is 1. The summed E-state index contributed by atoms with van der Waals surface area (Å²) in [5.41, 5.74) is 3.66. The lowest BCUT2D eigenvalue weighted by Crippen LogP contribution is -2.42. The van der Waals surface area contributed by atoms with Crippen molar-refractivity contribution in [1.29, 1.82) is 0 Å². The first-order valence-corrected chi connectivity index (χ1v) is 8.30. The van der Waals surface area contributed by atoms with Crippen molar-refractivity contribution < 1.29 is 4.39 Å². The molecule has 3 nitrogen and oxygen atoms in total. The van der Waals surface area contributed by atoms with E-state index in [4.69, 9.17) is 0 Å². The number of rotatable bonds is 6. The topological polar surface area (TPSA) is 27.3 Å². The first kappa shape index (κ1) is 25.0. The molecule has 146 valence electrons. The molecule has 0 bridgehead atoms. The molecular weight excluding hydrogens is 396 g/mol. The zero-order chi connectivity index (χ0) is 15.9. The number of benzene rings is 2. The molecule has 0 aromatic heterocycles.